The molecule has 2 aromatic rings. The molecule has 0 amide bonds. The molecule has 0 radical (unpaired) electrons. The van der Waals surface area contributed by atoms with Gasteiger partial charge in [-0.1, -0.05) is 0 Å². The number of ether oxygens (including phenoxy) is 1. The second kappa shape index (κ2) is 5.26. The van der Waals surface area contributed by atoms with E-state index in [9.17, 15) is 16.7 Å². The quantitative estimate of drug-likeness (QED) is 0.786. The van der Waals surface area contributed by atoms with Crippen LogP contribution in [0.3, 0.4) is 0 Å². The molecule has 2 aromatic carbocycles. The van der Waals surface area contributed by atoms with Crippen LogP contribution >= 0.6 is 15.9 Å². The fourth-order valence-corrected chi connectivity index (χ4v) is 2.14. The molecule has 0 bridgehead atoms. The van der Waals surface area contributed by atoms with E-state index in [1.54, 1.807) is 0 Å². The highest BCUT2D eigenvalue weighted by molar-refractivity contribution is 9.10. The molecule has 19 heavy (non-hydrogen) atoms. The first-order chi connectivity index (χ1) is 8.86. The third kappa shape index (κ3) is 3.51. The molecular formula is C12H7BrF2O3S. The summed E-state index contributed by atoms with van der Waals surface area (Å²) in [6.07, 6.45) is 0. The Morgan fingerprint density at radius 2 is 1.68 bits per heavy atom. The molecule has 3 nitrogen and oxygen atoms in total. The van der Waals surface area contributed by atoms with Gasteiger partial charge < -0.3 is 4.74 Å². The summed E-state index contributed by atoms with van der Waals surface area (Å²) in [6.45, 7) is 0. The van der Waals surface area contributed by atoms with Crippen molar-refractivity contribution in [3.05, 3.63) is 52.8 Å². The molecule has 0 unspecified atom stereocenters. The van der Waals surface area contributed by atoms with Crippen molar-refractivity contribution in [2.24, 2.45) is 0 Å². The van der Waals surface area contributed by atoms with Crippen LogP contribution < -0.4 is 4.74 Å². The first-order valence-corrected chi connectivity index (χ1v) is 7.21. The van der Waals surface area contributed by atoms with Gasteiger partial charge in [0.25, 0.3) is 0 Å². The molecule has 2 rings (SSSR count). The van der Waals surface area contributed by atoms with Crippen LogP contribution in [0.25, 0.3) is 0 Å². The van der Waals surface area contributed by atoms with Crippen molar-refractivity contribution in [3.8, 4) is 11.5 Å². The third-order valence-corrected chi connectivity index (χ3v) is 3.72. The lowest BCUT2D eigenvalue weighted by molar-refractivity contribution is 0.473. The van der Waals surface area contributed by atoms with Crippen LogP contribution in [0, 0.1) is 5.82 Å². The Kier molecular flexibility index (Phi) is 3.86. The van der Waals surface area contributed by atoms with Crippen molar-refractivity contribution in [1.82, 2.24) is 0 Å². The average molecular weight is 349 g/mol. The Bertz CT molecular complexity index is 699. The van der Waals surface area contributed by atoms with Crippen LogP contribution in [0.5, 0.6) is 11.5 Å². The molecule has 0 saturated carbocycles. The Morgan fingerprint density at radius 3 is 2.26 bits per heavy atom. The molecule has 0 atom stereocenters. The van der Waals surface area contributed by atoms with Gasteiger partial charge in [0.15, 0.2) is 0 Å². The lowest BCUT2D eigenvalue weighted by Gasteiger charge is -2.07. The van der Waals surface area contributed by atoms with Crippen LogP contribution in [-0.4, -0.2) is 8.42 Å². The van der Waals surface area contributed by atoms with Gasteiger partial charge in [0.05, 0.1) is 9.37 Å². The summed E-state index contributed by atoms with van der Waals surface area (Å²) in [7, 11) is -4.73. The Labute approximate surface area is 117 Å². The fraction of sp³-hybridized carbons (Fsp3) is 0. The molecule has 0 aromatic heterocycles. The highest BCUT2D eigenvalue weighted by Crippen LogP contribution is 2.30. The molecule has 0 fully saturated rings. The van der Waals surface area contributed by atoms with Crippen molar-refractivity contribution in [2.45, 2.75) is 4.90 Å². The van der Waals surface area contributed by atoms with Crippen molar-refractivity contribution in [3.63, 3.8) is 0 Å². The van der Waals surface area contributed by atoms with Crippen molar-refractivity contribution < 1.29 is 21.4 Å². The minimum Gasteiger partial charge on any atom is -0.456 e. The predicted octanol–water partition coefficient (Wildman–Crippen LogP) is 4.04. The summed E-state index contributed by atoms with van der Waals surface area (Å²) in [5, 5.41) is 0. The smallest absolute Gasteiger partial charge is 0.332 e. The van der Waals surface area contributed by atoms with E-state index in [2.05, 4.69) is 15.9 Å². The Hall–Kier alpha value is -1.47. The minimum atomic E-state index is -4.73. The molecule has 7 heteroatoms. The molecular weight excluding hydrogens is 342 g/mol. The maximum Gasteiger partial charge on any atom is 0.332 e. The molecule has 0 aliphatic carbocycles. The number of benzene rings is 2. The summed E-state index contributed by atoms with van der Waals surface area (Å²) in [5.74, 6) is 0.0238. The van der Waals surface area contributed by atoms with Gasteiger partial charge in [-0.25, -0.2) is 4.39 Å². The second-order valence-electron chi connectivity index (χ2n) is 3.59. The molecule has 100 valence electrons. The van der Waals surface area contributed by atoms with E-state index in [1.807, 2.05) is 0 Å². The number of hydrogen-bond acceptors (Lipinski definition) is 3. The first-order valence-electron chi connectivity index (χ1n) is 5.04. The highest BCUT2D eigenvalue weighted by Gasteiger charge is 2.11. The standard InChI is InChI=1S/C12H7BrF2O3S/c13-11-6-1-8(14)7-12(11)18-9-2-4-10(5-3-9)19(15,16)17/h1-7H. The summed E-state index contributed by atoms with van der Waals surface area (Å²) in [4.78, 5) is -0.460. The molecule has 0 aliphatic rings. The van der Waals surface area contributed by atoms with Crippen LogP contribution in [0.1, 0.15) is 0 Å². The molecule has 0 aliphatic heterocycles. The van der Waals surface area contributed by atoms with Crippen LogP contribution in [0.4, 0.5) is 8.28 Å². The van der Waals surface area contributed by atoms with Gasteiger partial charge in [0.2, 0.25) is 0 Å². The monoisotopic (exact) mass is 348 g/mol. The van der Waals surface area contributed by atoms with Gasteiger partial charge in [-0.15, -0.1) is 3.89 Å². The normalized spacial score (nSPS) is 11.3. The van der Waals surface area contributed by atoms with E-state index in [1.165, 1.54) is 30.3 Å². The van der Waals surface area contributed by atoms with Gasteiger partial charge in [-0.05, 0) is 52.3 Å². The lowest BCUT2D eigenvalue weighted by Crippen LogP contribution is -1.92. The fourth-order valence-electron chi connectivity index (χ4n) is 1.35. The highest BCUT2D eigenvalue weighted by atomic mass is 79.9. The van der Waals surface area contributed by atoms with E-state index in [4.69, 9.17) is 4.74 Å². The lowest BCUT2D eigenvalue weighted by atomic mass is 10.3. The van der Waals surface area contributed by atoms with Gasteiger partial charge in [0.1, 0.15) is 17.3 Å². The van der Waals surface area contributed by atoms with Gasteiger partial charge in [0, 0.05) is 6.07 Å². The van der Waals surface area contributed by atoms with Crippen molar-refractivity contribution in [2.75, 3.05) is 0 Å². The molecule has 0 spiro atoms. The average Bonchev–Trinajstić information content (AvgIpc) is 2.33. The molecule has 0 saturated heterocycles. The second-order valence-corrected chi connectivity index (χ2v) is 5.79. The van der Waals surface area contributed by atoms with Crippen LogP contribution in [0.15, 0.2) is 51.8 Å². The Balaban J connectivity index is 2.27. The van der Waals surface area contributed by atoms with E-state index >= 15 is 0 Å². The van der Waals surface area contributed by atoms with Crippen LogP contribution in [-0.2, 0) is 10.2 Å². The van der Waals surface area contributed by atoms with E-state index in [-0.39, 0.29) is 11.5 Å². The summed E-state index contributed by atoms with van der Waals surface area (Å²) in [6, 6.07) is 8.61. The zero-order valence-corrected chi connectivity index (χ0v) is 11.7. The summed E-state index contributed by atoms with van der Waals surface area (Å²) < 4.78 is 52.9. The minimum absolute atomic E-state index is 0.232. The zero-order chi connectivity index (χ0) is 14.0. The largest absolute Gasteiger partial charge is 0.456 e. The van der Waals surface area contributed by atoms with Gasteiger partial charge in [-0.2, -0.15) is 8.42 Å². The Morgan fingerprint density at radius 1 is 1.05 bits per heavy atom. The maximum absolute atomic E-state index is 13.0. The summed E-state index contributed by atoms with van der Waals surface area (Å²) in [5.41, 5.74) is 0. The van der Waals surface area contributed by atoms with Crippen molar-refractivity contribution in [1.29, 1.82) is 0 Å². The van der Waals surface area contributed by atoms with Gasteiger partial charge in [-0.3, -0.25) is 0 Å². The summed E-state index contributed by atoms with van der Waals surface area (Å²) >= 11 is 3.19. The number of halogens is 3. The topological polar surface area (TPSA) is 43.4 Å². The first kappa shape index (κ1) is 14.0. The van der Waals surface area contributed by atoms with E-state index in [0.717, 1.165) is 12.1 Å². The van der Waals surface area contributed by atoms with E-state index < -0.39 is 20.9 Å². The third-order valence-electron chi connectivity index (χ3n) is 2.23. The maximum atomic E-state index is 13.0. The number of rotatable bonds is 3. The zero-order valence-electron chi connectivity index (χ0n) is 9.31. The van der Waals surface area contributed by atoms with Crippen LogP contribution in [0.2, 0.25) is 0 Å². The molecule has 0 heterocycles. The van der Waals surface area contributed by atoms with Gasteiger partial charge >= 0.3 is 10.2 Å². The SMILES string of the molecule is O=S(=O)(F)c1ccc(Oc2cc(F)ccc2Br)cc1. The van der Waals surface area contributed by atoms with Crippen molar-refractivity contribution >= 4 is 26.2 Å². The number of hydrogen-bond donors (Lipinski definition) is 0. The van der Waals surface area contributed by atoms with E-state index in [0.29, 0.717) is 4.47 Å². The molecule has 0 N–H and O–H groups in total. The predicted molar refractivity (Wildman–Crippen MR) is 68.9 cm³/mol.